The maximum atomic E-state index is 14.2. The zero-order chi connectivity index (χ0) is 14.0. The first-order valence-electron chi connectivity index (χ1n) is 7.27. The number of anilines is 1. The summed E-state index contributed by atoms with van der Waals surface area (Å²) in [5, 5.41) is 0. The molecule has 0 aliphatic heterocycles. The lowest BCUT2D eigenvalue weighted by Gasteiger charge is -2.35. The van der Waals surface area contributed by atoms with E-state index in [4.69, 9.17) is 5.73 Å². The van der Waals surface area contributed by atoms with Crippen molar-refractivity contribution in [1.82, 2.24) is 0 Å². The standard InChI is InChI=1S/C16H25FN2/c1-11-4-7-14(8-5-11)19(3)16-9-6-13(12(2)18)10-15(16)17/h6,9-12,14H,4-5,7-8,18H2,1-3H3. The van der Waals surface area contributed by atoms with Gasteiger partial charge in [0.2, 0.25) is 0 Å². The SMILES string of the molecule is CC1CCC(N(C)c2ccc(C(C)N)cc2F)CC1. The second-order valence-corrected chi connectivity index (χ2v) is 6.02. The molecule has 1 unspecified atom stereocenters. The molecule has 0 amide bonds. The van der Waals surface area contributed by atoms with E-state index in [1.165, 1.54) is 12.8 Å². The number of hydrogen-bond acceptors (Lipinski definition) is 2. The predicted molar refractivity (Wildman–Crippen MR) is 78.8 cm³/mol. The second-order valence-electron chi connectivity index (χ2n) is 6.02. The van der Waals surface area contributed by atoms with Gasteiger partial charge in [0, 0.05) is 19.1 Å². The summed E-state index contributed by atoms with van der Waals surface area (Å²) < 4.78 is 14.2. The number of nitrogens with zero attached hydrogens (tertiary/aromatic N) is 1. The quantitative estimate of drug-likeness (QED) is 0.898. The molecule has 0 radical (unpaired) electrons. The largest absolute Gasteiger partial charge is 0.369 e. The molecule has 19 heavy (non-hydrogen) atoms. The van der Waals surface area contributed by atoms with Gasteiger partial charge in [0.15, 0.2) is 0 Å². The molecule has 2 rings (SSSR count). The molecule has 3 heteroatoms. The van der Waals surface area contributed by atoms with E-state index < -0.39 is 0 Å². The van der Waals surface area contributed by atoms with Gasteiger partial charge in [0.05, 0.1) is 5.69 Å². The van der Waals surface area contributed by atoms with Crippen LogP contribution in [0.15, 0.2) is 18.2 Å². The highest BCUT2D eigenvalue weighted by Gasteiger charge is 2.23. The van der Waals surface area contributed by atoms with Crippen LogP contribution in [-0.4, -0.2) is 13.1 Å². The van der Waals surface area contributed by atoms with Crippen molar-refractivity contribution in [3.05, 3.63) is 29.6 Å². The number of nitrogens with two attached hydrogens (primary N) is 1. The van der Waals surface area contributed by atoms with Crippen molar-refractivity contribution in [2.45, 2.75) is 51.6 Å². The van der Waals surface area contributed by atoms with Gasteiger partial charge in [-0.3, -0.25) is 0 Å². The van der Waals surface area contributed by atoms with Gasteiger partial charge >= 0.3 is 0 Å². The van der Waals surface area contributed by atoms with Gasteiger partial charge in [-0.2, -0.15) is 0 Å². The Bertz CT molecular complexity index is 423. The molecule has 106 valence electrons. The molecule has 1 aromatic rings. The van der Waals surface area contributed by atoms with Gasteiger partial charge in [-0.05, 0) is 56.2 Å². The Balaban J connectivity index is 2.12. The third kappa shape index (κ3) is 3.27. The number of benzene rings is 1. The fourth-order valence-corrected chi connectivity index (χ4v) is 2.92. The van der Waals surface area contributed by atoms with E-state index in [2.05, 4.69) is 11.8 Å². The Morgan fingerprint density at radius 2 is 1.89 bits per heavy atom. The highest BCUT2D eigenvalue weighted by atomic mass is 19.1. The molecule has 0 spiro atoms. The van der Waals surface area contributed by atoms with Crippen LogP contribution in [0.5, 0.6) is 0 Å². The molecule has 2 nitrogen and oxygen atoms in total. The summed E-state index contributed by atoms with van der Waals surface area (Å²) >= 11 is 0. The Hall–Kier alpha value is -1.09. The zero-order valence-electron chi connectivity index (χ0n) is 12.2. The first kappa shape index (κ1) is 14.3. The Morgan fingerprint density at radius 1 is 1.26 bits per heavy atom. The molecule has 1 aromatic carbocycles. The van der Waals surface area contributed by atoms with E-state index in [1.54, 1.807) is 6.07 Å². The second kappa shape index (κ2) is 5.91. The van der Waals surface area contributed by atoms with Crippen molar-refractivity contribution in [1.29, 1.82) is 0 Å². The molecule has 2 N–H and O–H groups in total. The Labute approximate surface area is 115 Å². The third-order valence-electron chi connectivity index (χ3n) is 4.41. The molecule has 1 fully saturated rings. The average molecular weight is 264 g/mol. The third-order valence-corrected chi connectivity index (χ3v) is 4.41. The predicted octanol–water partition coefficient (Wildman–Crippen LogP) is 3.86. The molecular weight excluding hydrogens is 239 g/mol. The van der Waals surface area contributed by atoms with Crippen LogP contribution in [0, 0.1) is 11.7 Å². The number of halogens is 1. The van der Waals surface area contributed by atoms with Crippen LogP contribution in [0.1, 0.15) is 51.1 Å². The fraction of sp³-hybridized carbons (Fsp3) is 0.625. The lowest BCUT2D eigenvalue weighted by Crippen LogP contribution is -2.35. The lowest BCUT2D eigenvalue weighted by molar-refractivity contribution is 0.339. The Morgan fingerprint density at radius 3 is 2.42 bits per heavy atom. The highest BCUT2D eigenvalue weighted by molar-refractivity contribution is 5.49. The molecule has 1 aliphatic carbocycles. The molecule has 1 saturated carbocycles. The number of rotatable bonds is 3. The molecule has 0 heterocycles. The van der Waals surface area contributed by atoms with Crippen LogP contribution in [-0.2, 0) is 0 Å². The van der Waals surface area contributed by atoms with Gasteiger partial charge in [-0.25, -0.2) is 4.39 Å². The molecule has 0 bridgehead atoms. The molecule has 1 atom stereocenters. The van der Waals surface area contributed by atoms with Crippen molar-refractivity contribution in [3.8, 4) is 0 Å². The van der Waals surface area contributed by atoms with Crippen LogP contribution in [0.25, 0.3) is 0 Å². The van der Waals surface area contributed by atoms with Crippen molar-refractivity contribution < 1.29 is 4.39 Å². The fourth-order valence-electron chi connectivity index (χ4n) is 2.92. The van der Waals surface area contributed by atoms with Gasteiger partial charge < -0.3 is 10.6 Å². The summed E-state index contributed by atoms with van der Waals surface area (Å²) in [6, 6.07) is 5.72. The van der Waals surface area contributed by atoms with Crippen molar-refractivity contribution >= 4 is 5.69 Å². The summed E-state index contributed by atoms with van der Waals surface area (Å²) in [5.74, 6) is 0.658. The van der Waals surface area contributed by atoms with Crippen LogP contribution in [0.4, 0.5) is 10.1 Å². The minimum atomic E-state index is -0.157. The molecule has 0 saturated heterocycles. The summed E-state index contributed by atoms with van der Waals surface area (Å²) in [6.45, 7) is 4.18. The summed E-state index contributed by atoms with van der Waals surface area (Å²) in [7, 11) is 2.00. The normalized spacial score (nSPS) is 25.1. The molecular formula is C16H25FN2. The van der Waals surface area contributed by atoms with E-state index in [0.29, 0.717) is 11.7 Å². The molecule has 1 aliphatic rings. The van der Waals surface area contributed by atoms with Crippen LogP contribution in [0.3, 0.4) is 0 Å². The van der Waals surface area contributed by atoms with Crippen LogP contribution < -0.4 is 10.6 Å². The van der Waals surface area contributed by atoms with Gasteiger partial charge in [-0.1, -0.05) is 13.0 Å². The summed E-state index contributed by atoms with van der Waals surface area (Å²) in [4.78, 5) is 2.10. The Kier molecular flexibility index (Phi) is 4.46. The lowest BCUT2D eigenvalue weighted by atomic mass is 9.86. The van der Waals surface area contributed by atoms with E-state index in [1.807, 2.05) is 26.1 Å². The van der Waals surface area contributed by atoms with Crippen LogP contribution >= 0.6 is 0 Å². The first-order chi connectivity index (χ1) is 8.99. The van der Waals surface area contributed by atoms with E-state index in [-0.39, 0.29) is 11.9 Å². The van der Waals surface area contributed by atoms with Crippen molar-refractivity contribution in [3.63, 3.8) is 0 Å². The van der Waals surface area contributed by atoms with E-state index in [0.717, 1.165) is 24.3 Å². The van der Waals surface area contributed by atoms with Crippen LogP contribution in [0.2, 0.25) is 0 Å². The number of hydrogen-bond donors (Lipinski definition) is 1. The topological polar surface area (TPSA) is 29.3 Å². The maximum absolute atomic E-state index is 14.2. The monoisotopic (exact) mass is 264 g/mol. The maximum Gasteiger partial charge on any atom is 0.146 e. The summed E-state index contributed by atoms with van der Waals surface area (Å²) in [5.41, 5.74) is 7.34. The highest BCUT2D eigenvalue weighted by Crippen LogP contribution is 2.31. The molecule has 0 aromatic heterocycles. The van der Waals surface area contributed by atoms with Crippen molar-refractivity contribution in [2.24, 2.45) is 11.7 Å². The minimum absolute atomic E-state index is 0.121. The van der Waals surface area contributed by atoms with E-state index in [9.17, 15) is 4.39 Å². The van der Waals surface area contributed by atoms with E-state index >= 15 is 0 Å². The van der Waals surface area contributed by atoms with Gasteiger partial charge in [-0.15, -0.1) is 0 Å². The van der Waals surface area contributed by atoms with Gasteiger partial charge in [0.1, 0.15) is 5.82 Å². The average Bonchev–Trinajstić information content (AvgIpc) is 2.38. The minimum Gasteiger partial charge on any atom is -0.369 e. The first-order valence-corrected chi connectivity index (χ1v) is 7.27. The van der Waals surface area contributed by atoms with Gasteiger partial charge in [0.25, 0.3) is 0 Å². The zero-order valence-corrected chi connectivity index (χ0v) is 12.2. The van der Waals surface area contributed by atoms with Crippen molar-refractivity contribution in [2.75, 3.05) is 11.9 Å². The summed E-state index contributed by atoms with van der Waals surface area (Å²) in [6.07, 6.45) is 4.81. The smallest absolute Gasteiger partial charge is 0.146 e.